The van der Waals surface area contributed by atoms with E-state index in [4.69, 9.17) is 4.74 Å². The lowest BCUT2D eigenvalue weighted by Gasteiger charge is -2.24. The van der Waals surface area contributed by atoms with Gasteiger partial charge in [-0.25, -0.2) is 13.1 Å². The zero-order valence-corrected chi connectivity index (χ0v) is 14.0. The lowest BCUT2D eigenvalue weighted by Crippen LogP contribution is -2.36. The fraction of sp³-hybridized carbons (Fsp3) is 0.647. The third-order valence-electron chi connectivity index (χ3n) is 4.84. The van der Waals surface area contributed by atoms with Crippen molar-refractivity contribution in [2.24, 2.45) is 0 Å². The molecule has 0 saturated heterocycles. The number of hydrogen-bond donors (Lipinski definition) is 1. The fourth-order valence-corrected chi connectivity index (χ4v) is 5.12. The van der Waals surface area contributed by atoms with E-state index in [1.807, 2.05) is 12.1 Å². The van der Waals surface area contributed by atoms with Crippen LogP contribution in [0.25, 0.3) is 0 Å². The largest absolute Gasteiger partial charge is 0.495 e. The first kappa shape index (κ1) is 15.8. The van der Waals surface area contributed by atoms with Crippen LogP contribution in [0.15, 0.2) is 17.0 Å². The van der Waals surface area contributed by atoms with Crippen LogP contribution in [0.4, 0.5) is 0 Å². The van der Waals surface area contributed by atoms with Gasteiger partial charge in [-0.2, -0.15) is 0 Å². The Hall–Kier alpha value is -1.07. The monoisotopic (exact) mass is 323 g/mol. The van der Waals surface area contributed by atoms with Crippen molar-refractivity contribution in [3.63, 3.8) is 0 Å². The van der Waals surface area contributed by atoms with Crippen molar-refractivity contribution in [2.75, 3.05) is 7.11 Å². The molecule has 122 valence electrons. The van der Waals surface area contributed by atoms with Crippen LogP contribution in [0.3, 0.4) is 0 Å². The van der Waals surface area contributed by atoms with E-state index in [-0.39, 0.29) is 6.04 Å². The van der Waals surface area contributed by atoms with E-state index < -0.39 is 10.0 Å². The topological polar surface area (TPSA) is 55.4 Å². The van der Waals surface area contributed by atoms with Gasteiger partial charge in [-0.1, -0.05) is 19.3 Å². The Morgan fingerprint density at radius 2 is 1.64 bits per heavy atom. The van der Waals surface area contributed by atoms with Crippen LogP contribution in [-0.4, -0.2) is 21.6 Å². The minimum atomic E-state index is -3.51. The molecule has 1 N–H and O–H groups in total. The van der Waals surface area contributed by atoms with E-state index >= 15 is 0 Å². The molecule has 22 heavy (non-hydrogen) atoms. The second-order valence-electron chi connectivity index (χ2n) is 6.44. The standard InChI is InChI=1S/C17H25NO3S/c1-21-16-11-13-7-5-6-8-14(13)12-17(16)22(19,20)18-15-9-3-2-4-10-15/h11-12,15,18H,2-10H2,1H3. The average molecular weight is 323 g/mol. The van der Waals surface area contributed by atoms with Gasteiger partial charge >= 0.3 is 0 Å². The smallest absolute Gasteiger partial charge is 0.244 e. The van der Waals surface area contributed by atoms with Gasteiger partial charge in [0, 0.05) is 6.04 Å². The van der Waals surface area contributed by atoms with Crippen LogP contribution < -0.4 is 9.46 Å². The Balaban J connectivity index is 1.91. The SMILES string of the molecule is COc1cc2c(cc1S(=O)(=O)NC1CCCCC1)CCCC2. The number of hydrogen-bond acceptors (Lipinski definition) is 3. The molecule has 0 aliphatic heterocycles. The van der Waals surface area contributed by atoms with E-state index in [1.54, 1.807) is 7.11 Å². The molecule has 0 radical (unpaired) electrons. The highest BCUT2D eigenvalue weighted by molar-refractivity contribution is 7.89. The van der Waals surface area contributed by atoms with Crippen LogP contribution in [0, 0.1) is 0 Å². The predicted octanol–water partition coefficient (Wildman–Crippen LogP) is 3.19. The number of methoxy groups -OCH3 is 1. The highest BCUT2D eigenvalue weighted by atomic mass is 32.2. The van der Waals surface area contributed by atoms with Gasteiger partial charge in [0.25, 0.3) is 0 Å². The molecule has 2 aliphatic rings. The molecule has 0 heterocycles. The summed E-state index contributed by atoms with van der Waals surface area (Å²) in [6.45, 7) is 0. The third kappa shape index (κ3) is 3.30. The van der Waals surface area contributed by atoms with Crippen LogP contribution in [0.2, 0.25) is 0 Å². The van der Waals surface area contributed by atoms with Crippen molar-refractivity contribution < 1.29 is 13.2 Å². The Labute approximate surface area is 133 Å². The summed E-state index contributed by atoms with van der Waals surface area (Å²) in [4.78, 5) is 0.307. The number of ether oxygens (including phenoxy) is 1. The summed E-state index contributed by atoms with van der Waals surface area (Å²) in [5.74, 6) is 0.476. The molecule has 0 unspecified atom stereocenters. The Morgan fingerprint density at radius 1 is 1.00 bits per heavy atom. The van der Waals surface area contributed by atoms with Gasteiger partial charge in [-0.05, 0) is 61.8 Å². The summed E-state index contributed by atoms with van der Waals surface area (Å²) >= 11 is 0. The molecular formula is C17H25NO3S. The first-order valence-electron chi connectivity index (χ1n) is 8.32. The second kappa shape index (κ2) is 6.59. The number of benzene rings is 1. The number of rotatable bonds is 4. The summed E-state index contributed by atoms with van der Waals surface area (Å²) in [6, 6.07) is 3.82. The number of sulfonamides is 1. The maximum atomic E-state index is 12.8. The number of fused-ring (bicyclic) bond motifs is 1. The first-order chi connectivity index (χ1) is 10.6. The van der Waals surface area contributed by atoms with Crippen LogP contribution in [0.1, 0.15) is 56.1 Å². The van der Waals surface area contributed by atoms with Gasteiger partial charge in [-0.15, -0.1) is 0 Å². The molecular weight excluding hydrogens is 298 g/mol. The van der Waals surface area contributed by atoms with Crippen LogP contribution in [0.5, 0.6) is 5.75 Å². The summed E-state index contributed by atoms with van der Waals surface area (Å²) in [5.41, 5.74) is 2.40. The van der Waals surface area contributed by atoms with Crippen LogP contribution >= 0.6 is 0 Å². The van der Waals surface area contributed by atoms with Crippen molar-refractivity contribution in [1.29, 1.82) is 0 Å². The first-order valence-corrected chi connectivity index (χ1v) is 9.80. The van der Waals surface area contributed by atoms with Crippen LogP contribution in [-0.2, 0) is 22.9 Å². The van der Waals surface area contributed by atoms with Gasteiger partial charge in [-0.3, -0.25) is 0 Å². The molecule has 1 aromatic rings. The second-order valence-corrected chi connectivity index (χ2v) is 8.12. The average Bonchev–Trinajstić information content (AvgIpc) is 2.54. The van der Waals surface area contributed by atoms with Crippen molar-refractivity contribution in [2.45, 2.75) is 68.7 Å². The van der Waals surface area contributed by atoms with Crippen molar-refractivity contribution in [3.8, 4) is 5.75 Å². The van der Waals surface area contributed by atoms with E-state index in [2.05, 4.69) is 4.72 Å². The van der Waals surface area contributed by atoms with Gasteiger partial charge in [0.1, 0.15) is 10.6 Å². The zero-order valence-electron chi connectivity index (χ0n) is 13.2. The third-order valence-corrected chi connectivity index (χ3v) is 6.39. The molecule has 2 aliphatic carbocycles. The summed E-state index contributed by atoms with van der Waals surface area (Å²) in [7, 11) is -1.97. The van der Waals surface area contributed by atoms with Crippen molar-refractivity contribution in [1.82, 2.24) is 4.72 Å². The number of nitrogens with one attached hydrogen (secondary N) is 1. The molecule has 0 bridgehead atoms. The van der Waals surface area contributed by atoms with E-state index in [1.165, 1.54) is 18.4 Å². The quantitative estimate of drug-likeness (QED) is 0.926. The normalized spacial score (nSPS) is 19.7. The minimum Gasteiger partial charge on any atom is -0.495 e. The molecule has 1 aromatic carbocycles. The van der Waals surface area contributed by atoms with Gasteiger partial charge in [0.05, 0.1) is 7.11 Å². The molecule has 0 spiro atoms. The van der Waals surface area contributed by atoms with Gasteiger partial charge in [0.15, 0.2) is 0 Å². The maximum absolute atomic E-state index is 12.8. The highest BCUT2D eigenvalue weighted by Crippen LogP contribution is 2.32. The fourth-order valence-electron chi connectivity index (χ4n) is 3.61. The summed E-state index contributed by atoms with van der Waals surface area (Å²) in [5, 5.41) is 0. The molecule has 1 saturated carbocycles. The summed E-state index contributed by atoms with van der Waals surface area (Å²) < 4.78 is 33.8. The maximum Gasteiger partial charge on any atom is 0.244 e. The molecule has 1 fully saturated rings. The molecule has 0 aromatic heterocycles. The number of aryl methyl sites for hydroxylation is 2. The van der Waals surface area contributed by atoms with Gasteiger partial charge in [0.2, 0.25) is 10.0 Å². The predicted molar refractivity (Wildman–Crippen MR) is 86.8 cm³/mol. The summed E-state index contributed by atoms with van der Waals surface area (Å²) in [6.07, 6.45) is 9.58. The van der Waals surface area contributed by atoms with E-state index in [0.717, 1.165) is 50.5 Å². The Morgan fingerprint density at radius 3 is 2.27 bits per heavy atom. The van der Waals surface area contributed by atoms with Crippen molar-refractivity contribution >= 4 is 10.0 Å². The zero-order chi connectivity index (χ0) is 15.6. The molecule has 0 amide bonds. The molecule has 3 rings (SSSR count). The lowest BCUT2D eigenvalue weighted by atomic mass is 9.92. The van der Waals surface area contributed by atoms with Gasteiger partial charge < -0.3 is 4.74 Å². The Kier molecular flexibility index (Phi) is 4.73. The highest BCUT2D eigenvalue weighted by Gasteiger charge is 2.26. The molecule has 0 atom stereocenters. The molecule has 5 heteroatoms. The molecule has 4 nitrogen and oxygen atoms in total. The van der Waals surface area contributed by atoms with Crippen molar-refractivity contribution in [3.05, 3.63) is 23.3 Å². The lowest BCUT2D eigenvalue weighted by molar-refractivity contribution is 0.395. The Bertz CT molecular complexity index is 634. The van der Waals surface area contributed by atoms with E-state index in [9.17, 15) is 8.42 Å². The minimum absolute atomic E-state index is 0.0690. The van der Waals surface area contributed by atoms with E-state index in [0.29, 0.717) is 10.6 Å².